The molecule has 24 heavy (non-hydrogen) atoms. The number of alkyl carbamates (subject to hydrolysis) is 1. The molecule has 1 aromatic heterocycles. The molecule has 1 aromatic carbocycles. The third-order valence-corrected chi connectivity index (χ3v) is 3.59. The summed E-state index contributed by atoms with van der Waals surface area (Å²) < 4.78 is 18.1. The van der Waals surface area contributed by atoms with Gasteiger partial charge in [-0.25, -0.2) is 14.0 Å². The molecule has 0 bridgehead atoms. The Morgan fingerprint density at radius 1 is 1.25 bits per heavy atom. The second-order valence-electron chi connectivity index (χ2n) is 5.11. The molecule has 0 saturated heterocycles. The molecule has 0 radical (unpaired) electrons. The minimum atomic E-state index is -1.79. The number of amides is 1. The van der Waals surface area contributed by atoms with Crippen molar-refractivity contribution in [3.8, 4) is 0 Å². The first kappa shape index (κ1) is 17.4. The summed E-state index contributed by atoms with van der Waals surface area (Å²) in [4.78, 5) is 27.6. The molecule has 1 amide bonds. The second kappa shape index (κ2) is 7.54. The number of ether oxygens (including phenoxy) is 1. The van der Waals surface area contributed by atoms with E-state index in [1.54, 1.807) is 31.2 Å². The fourth-order valence-corrected chi connectivity index (χ4v) is 2.21. The van der Waals surface area contributed by atoms with Crippen molar-refractivity contribution in [3.05, 3.63) is 65.7 Å². The lowest BCUT2D eigenvalue weighted by molar-refractivity contribution is -0.145. The first-order chi connectivity index (χ1) is 11.5. The van der Waals surface area contributed by atoms with Crippen molar-refractivity contribution in [2.45, 2.75) is 25.5 Å². The summed E-state index contributed by atoms with van der Waals surface area (Å²) >= 11 is 0. The molecule has 126 valence electrons. The number of rotatable bonds is 6. The number of nitrogens with one attached hydrogen (secondary N) is 1. The van der Waals surface area contributed by atoms with E-state index in [4.69, 9.17) is 4.74 Å². The highest BCUT2D eigenvalue weighted by Gasteiger charge is 2.42. The van der Waals surface area contributed by atoms with Crippen LogP contribution in [-0.2, 0) is 21.7 Å². The van der Waals surface area contributed by atoms with Crippen molar-refractivity contribution in [2.24, 2.45) is 0 Å². The molecule has 1 unspecified atom stereocenters. The van der Waals surface area contributed by atoms with Gasteiger partial charge in [-0.15, -0.1) is 0 Å². The normalized spacial score (nSPS) is 12.9. The number of aromatic nitrogens is 1. The van der Waals surface area contributed by atoms with Gasteiger partial charge in [0.1, 0.15) is 12.4 Å². The number of hydrogen-bond acceptors (Lipinski definition) is 4. The summed E-state index contributed by atoms with van der Waals surface area (Å²) in [5, 5.41) is 11.9. The van der Waals surface area contributed by atoms with E-state index in [0.29, 0.717) is 0 Å². The Labute approximate surface area is 138 Å². The molecule has 0 aliphatic carbocycles. The maximum absolute atomic E-state index is 13.0. The fourth-order valence-electron chi connectivity index (χ4n) is 2.21. The number of carboxylic acids is 1. The zero-order chi connectivity index (χ0) is 17.6. The SMILES string of the molecule is CCC(NC(=O)OCc1ccccc1)(C(=O)O)c1ccc(F)cn1. The van der Waals surface area contributed by atoms with Crippen LogP contribution in [0.5, 0.6) is 0 Å². The van der Waals surface area contributed by atoms with Crippen LogP contribution in [0.1, 0.15) is 24.6 Å². The van der Waals surface area contributed by atoms with Crippen LogP contribution in [0, 0.1) is 5.82 Å². The highest BCUT2D eigenvalue weighted by Crippen LogP contribution is 2.24. The van der Waals surface area contributed by atoms with Crippen molar-refractivity contribution >= 4 is 12.1 Å². The molecule has 2 N–H and O–H groups in total. The molecule has 7 heteroatoms. The number of carboxylic acid groups (broad SMARTS) is 1. The summed E-state index contributed by atoms with van der Waals surface area (Å²) in [5.74, 6) is -1.90. The van der Waals surface area contributed by atoms with Crippen molar-refractivity contribution < 1.29 is 23.8 Å². The standard InChI is InChI=1S/C17H17FN2O4/c1-2-17(15(21)22,14-9-8-13(18)10-19-14)20-16(23)24-11-12-6-4-3-5-7-12/h3-10H,2,11H2,1H3,(H,20,23)(H,21,22). The second-order valence-corrected chi connectivity index (χ2v) is 5.11. The molecule has 0 fully saturated rings. The molecule has 2 aromatic rings. The van der Waals surface area contributed by atoms with E-state index in [9.17, 15) is 19.1 Å². The quantitative estimate of drug-likeness (QED) is 0.849. The van der Waals surface area contributed by atoms with Gasteiger partial charge in [0.15, 0.2) is 5.54 Å². The zero-order valence-corrected chi connectivity index (χ0v) is 13.0. The summed E-state index contributed by atoms with van der Waals surface area (Å²) in [7, 11) is 0. The summed E-state index contributed by atoms with van der Waals surface area (Å²) in [6.07, 6.45) is 0.0235. The summed E-state index contributed by atoms with van der Waals surface area (Å²) in [6.45, 7) is 1.58. The van der Waals surface area contributed by atoms with Gasteiger partial charge in [0.25, 0.3) is 0 Å². The van der Waals surface area contributed by atoms with Crippen LogP contribution in [0.25, 0.3) is 0 Å². The van der Waals surface area contributed by atoms with Gasteiger partial charge in [-0.1, -0.05) is 37.3 Å². The van der Waals surface area contributed by atoms with Gasteiger partial charge in [-0.2, -0.15) is 0 Å². The van der Waals surface area contributed by atoms with Crippen molar-refractivity contribution in [2.75, 3.05) is 0 Å². The van der Waals surface area contributed by atoms with Crippen LogP contribution in [-0.4, -0.2) is 22.2 Å². The van der Waals surface area contributed by atoms with Crippen molar-refractivity contribution in [3.63, 3.8) is 0 Å². The van der Waals surface area contributed by atoms with Crippen LogP contribution in [0.2, 0.25) is 0 Å². The third kappa shape index (κ3) is 3.87. The number of carbonyl (C=O) groups excluding carboxylic acids is 1. The molecular weight excluding hydrogens is 315 g/mol. The van der Waals surface area contributed by atoms with Crippen LogP contribution in [0.15, 0.2) is 48.7 Å². The van der Waals surface area contributed by atoms with Gasteiger partial charge in [0.2, 0.25) is 0 Å². The zero-order valence-electron chi connectivity index (χ0n) is 13.0. The predicted molar refractivity (Wildman–Crippen MR) is 83.6 cm³/mol. The number of pyridine rings is 1. The Kier molecular flexibility index (Phi) is 5.47. The summed E-state index contributed by atoms with van der Waals surface area (Å²) in [6, 6.07) is 11.3. The number of hydrogen-bond donors (Lipinski definition) is 2. The van der Waals surface area contributed by atoms with Gasteiger partial charge in [0.05, 0.1) is 11.9 Å². The van der Waals surface area contributed by atoms with E-state index < -0.39 is 23.4 Å². The van der Waals surface area contributed by atoms with Crippen molar-refractivity contribution in [1.82, 2.24) is 10.3 Å². The van der Waals surface area contributed by atoms with Crippen LogP contribution in [0.4, 0.5) is 9.18 Å². The molecule has 1 heterocycles. The van der Waals surface area contributed by atoms with Gasteiger partial charge < -0.3 is 15.2 Å². The lowest BCUT2D eigenvalue weighted by atomic mass is 9.91. The van der Waals surface area contributed by atoms with E-state index in [0.717, 1.165) is 17.8 Å². The van der Waals surface area contributed by atoms with Gasteiger partial charge in [-0.05, 0) is 24.1 Å². The minimum Gasteiger partial charge on any atom is -0.479 e. The Balaban J connectivity index is 2.15. The van der Waals surface area contributed by atoms with E-state index in [2.05, 4.69) is 10.3 Å². The third-order valence-electron chi connectivity index (χ3n) is 3.59. The smallest absolute Gasteiger partial charge is 0.408 e. The maximum atomic E-state index is 13.0. The van der Waals surface area contributed by atoms with E-state index in [1.165, 1.54) is 6.07 Å². The molecule has 1 atom stereocenters. The van der Waals surface area contributed by atoms with E-state index in [1.807, 2.05) is 6.07 Å². The average molecular weight is 332 g/mol. The number of nitrogens with zero attached hydrogens (tertiary/aromatic N) is 1. The van der Waals surface area contributed by atoms with Crippen molar-refractivity contribution in [1.29, 1.82) is 0 Å². The number of aliphatic carboxylic acids is 1. The first-order valence-corrected chi connectivity index (χ1v) is 7.32. The Hall–Kier alpha value is -2.96. The van der Waals surface area contributed by atoms with E-state index in [-0.39, 0.29) is 18.7 Å². The van der Waals surface area contributed by atoms with E-state index >= 15 is 0 Å². The minimum absolute atomic E-state index is 0.00291. The molecule has 0 saturated carbocycles. The molecule has 0 aliphatic rings. The first-order valence-electron chi connectivity index (χ1n) is 7.32. The van der Waals surface area contributed by atoms with Gasteiger partial charge in [0, 0.05) is 0 Å². The molecule has 0 spiro atoms. The molecule has 2 rings (SSSR count). The molecular formula is C17H17FN2O4. The lowest BCUT2D eigenvalue weighted by Gasteiger charge is -2.28. The number of halogens is 1. The Morgan fingerprint density at radius 3 is 2.50 bits per heavy atom. The lowest BCUT2D eigenvalue weighted by Crippen LogP contribution is -2.52. The molecule has 6 nitrogen and oxygen atoms in total. The Morgan fingerprint density at radius 2 is 1.96 bits per heavy atom. The average Bonchev–Trinajstić information content (AvgIpc) is 2.59. The summed E-state index contributed by atoms with van der Waals surface area (Å²) in [5.41, 5.74) is -0.998. The number of benzene rings is 1. The fraction of sp³-hybridized carbons (Fsp3) is 0.235. The van der Waals surface area contributed by atoms with Crippen LogP contribution < -0.4 is 5.32 Å². The Bertz CT molecular complexity index is 706. The predicted octanol–water partition coefficient (Wildman–Crippen LogP) is 2.84. The monoisotopic (exact) mass is 332 g/mol. The highest BCUT2D eigenvalue weighted by molar-refractivity contribution is 5.85. The molecule has 0 aliphatic heterocycles. The van der Waals surface area contributed by atoms with Crippen LogP contribution in [0.3, 0.4) is 0 Å². The van der Waals surface area contributed by atoms with Gasteiger partial charge in [-0.3, -0.25) is 4.98 Å². The van der Waals surface area contributed by atoms with Gasteiger partial charge >= 0.3 is 12.1 Å². The number of carbonyl (C=O) groups is 2. The topological polar surface area (TPSA) is 88.5 Å². The highest BCUT2D eigenvalue weighted by atomic mass is 19.1. The maximum Gasteiger partial charge on any atom is 0.408 e. The van der Waals surface area contributed by atoms with Crippen LogP contribution >= 0.6 is 0 Å². The largest absolute Gasteiger partial charge is 0.479 e.